The molecule has 1 nitrogen and oxygen atoms in total. The second-order valence-corrected chi connectivity index (χ2v) is 6.67. The van der Waals surface area contributed by atoms with Crippen LogP contribution < -0.4 is 0 Å². The van der Waals surface area contributed by atoms with E-state index in [1.807, 2.05) is 24.0 Å². The maximum atomic E-state index is 5.40. The Kier molecular flexibility index (Phi) is 3.93. The lowest BCUT2D eigenvalue weighted by atomic mass is 9.85. The quantitative estimate of drug-likeness (QED) is 0.650. The molecule has 16 heavy (non-hydrogen) atoms. The SMILES string of the molecule is CC1CCCSC1(C(=S)S)c1cccnc1. The minimum atomic E-state index is -0.120. The molecule has 2 unspecified atom stereocenters. The van der Waals surface area contributed by atoms with Gasteiger partial charge in [0.25, 0.3) is 0 Å². The molecule has 0 aliphatic carbocycles. The minimum absolute atomic E-state index is 0.120. The van der Waals surface area contributed by atoms with E-state index in [9.17, 15) is 0 Å². The number of hydrogen-bond acceptors (Lipinski definition) is 3. The second kappa shape index (κ2) is 5.07. The van der Waals surface area contributed by atoms with Crippen LogP contribution >= 0.6 is 36.6 Å². The molecule has 0 spiro atoms. The van der Waals surface area contributed by atoms with Crippen molar-refractivity contribution in [3.05, 3.63) is 30.1 Å². The zero-order chi connectivity index (χ0) is 11.6. The lowest BCUT2D eigenvalue weighted by Crippen LogP contribution is -2.38. The van der Waals surface area contributed by atoms with Crippen LogP contribution in [0.1, 0.15) is 25.3 Å². The first-order valence-corrected chi connectivity index (χ1v) is 7.30. The molecule has 0 bridgehead atoms. The summed E-state index contributed by atoms with van der Waals surface area (Å²) in [5.41, 5.74) is 1.20. The van der Waals surface area contributed by atoms with Gasteiger partial charge >= 0.3 is 0 Å². The van der Waals surface area contributed by atoms with Crippen molar-refractivity contribution in [3.8, 4) is 0 Å². The zero-order valence-corrected chi connectivity index (χ0v) is 11.7. The number of thiol groups is 1. The van der Waals surface area contributed by atoms with E-state index in [-0.39, 0.29) is 4.75 Å². The first-order valence-electron chi connectivity index (χ1n) is 5.46. The van der Waals surface area contributed by atoms with Crippen LogP contribution in [0.15, 0.2) is 24.5 Å². The summed E-state index contributed by atoms with van der Waals surface area (Å²) in [5.74, 6) is 1.68. The number of thiocarbonyl (C=S) groups is 1. The van der Waals surface area contributed by atoms with Gasteiger partial charge in [0.1, 0.15) is 0 Å². The van der Waals surface area contributed by atoms with Gasteiger partial charge in [-0.25, -0.2) is 0 Å². The van der Waals surface area contributed by atoms with Crippen LogP contribution in [-0.2, 0) is 4.75 Å². The van der Waals surface area contributed by atoms with Gasteiger partial charge in [-0.2, -0.15) is 0 Å². The zero-order valence-electron chi connectivity index (χ0n) is 9.22. The fraction of sp³-hybridized carbons (Fsp3) is 0.500. The van der Waals surface area contributed by atoms with Gasteiger partial charge in [0.2, 0.25) is 0 Å². The van der Waals surface area contributed by atoms with Crippen LogP contribution in [-0.4, -0.2) is 14.9 Å². The number of hydrogen-bond donors (Lipinski definition) is 1. The third kappa shape index (κ3) is 2.03. The maximum Gasteiger partial charge on any atom is 0.0855 e. The van der Waals surface area contributed by atoms with E-state index >= 15 is 0 Å². The molecule has 1 aliphatic heterocycles. The molecule has 0 radical (unpaired) electrons. The fourth-order valence-corrected chi connectivity index (χ4v) is 4.80. The average molecular weight is 269 g/mol. The highest BCUT2D eigenvalue weighted by Gasteiger charge is 2.43. The van der Waals surface area contributed by atoms with Gasteiger partial charge in [0.15, 0.2) is 0 Å². The normalized spacial score (nSPS) is 30.0. The van der Waals surface area contributed by atoms with Crippen molar-refractivity contribution >= 4 is 40.8 Å². The summed E-state index contributed by atoms with van der Waals surface area (Å²) < 4.78 is 0.669. The molecule has 86 valence electrons. The standard InChI is InChI=1S/C12H15NS3/c1-9-4-3-7-16-12(9,11(14)15)10-5-2-6-13-8-10/h2,5-6,8-9H,3-4,7H2,1H3,(H,14,15). The van der Waals surface area contributed by atoms with Gasteiger partial charge in [-0.05, 0) is 36.1 Å². The summed E-state index contributed by atoms with van der Waals surface area (Å²) >= 11 is 11.8. The van der Waals surface area contributed by atoms with Crippen molar-refractivity contribution in [3.63, 3.8) is 0 Å². The summed E-state index contributed by atoms with van der Waals surface area (Å²) in [6.07, 6.45) is 6.21. The highest BCUT2D eigenvalue weighted by molar-refractivity contribution is 8.15. The molecule has 0 N–H and O–H groups in total. The molecule has 1 aromatic rings. The van der Waals surface area contributed by atoms with Crippen LogP contribution in [0.3, 0.4) is 0 Å². The molecule has 2 atom stereocenters. The minimum Gasteiger partial charge on any atom is -0.264 e. The Morgan fingerprint density at radius 3 is 3.06 bits per heavy atom. The highest BCUT2D eigenvalue weighted by atomic mass is 32.2. The predicted molar refractivity (Wildman–Crippen MR) is 78.4 cm³/mol. The highest BCUT2D eigenvalue weighted by Crippen LogP contribution is 2.50. The molecule has 1 fully saturated rings. The van der Waals surface area contributed by atoms with Crippen molar-refractivity contribution in [1.29, 1.82) is 0 Å². The van der Waals surface area contributed by atoms with E-state index in [1.54, 1.807) is 6.20 Å². The van der Waals surface area contributed by atoms with Crippen LogP contribution in [0.5, 0.6) is 0 Å². The molecule has 0 saturated carbocycles. The summed E-state index contributed by atoms with van der Waals surface area (Å²) in [6, 6.07) is 4.09. The molecule has 2 heterocycles. The van der Waals surface area contributed by atoms with E-state index in [1.165, 1.54) is 18.4 Å². The van der Waals surface area contributed by atoms with Crippen molar-refractivity contribution in [2.45, 2.75) is 24.5 Å². The lowest BCUT2D eigenvalue weighted by Gasteiger charge is -2.41. The molecule has 1 aromatic heterocycles. The van der Waals surface area contributed by atoms with Gasteiger partial charge in [-0.1, -0.05) is 25.2 Å². The summed E-state index contributed by atoms with van der Waals surface area (Å²) in [7, 11) is 0. The summed E-state index contributed by atoms with van der Waals surface area (Å²) in [5, 5.41) is 0. The third-order valence-corrected chi connectivity index (χ3v) is 5.96. The fourth-order valence-electron chi connectivity index (χ4n) is 2.31. The van der Waals surface area contributed by atoms with E-state index < -0.39 is 0 Å². The number of aromatic nitrogens is 1. The van der Waals surface area contributed by atoms with Crippen molar-refractivity contribution < 1.29 is 0 Å². The number of nitrogens with zero attached hydrogens (tertiary/aromatic N) is 1. The Morgan fingerprint density at radius 1 is 1.69 bits per heavy atom. The van der Waals surface area contributed by atoms with Crippen LogP contribution in [0, 0.1) is 5.92 Å². The van der Waals surface area contributed by atoms with Gasteiger partial charge in [0, 0.05) is 12.4 Å². The molecule has 4 heteroatoms. The first-order chi connectivity index (χ1) is 7.68. The Balaban J connectivity index is 2.46. The molecule has 0 aromatic carbocycles. The summed E-state index contributed by atoms with van der Waals surface area (Å²) in [6.45, 7) is 2.27. The molecular formula is C12H15NS3. The van der Waals surface area contributed by atoms with E-state index in [4.69, 9.17) is 12.2 Å². The van der Waals surface area contributed by atoms with Gasteiger partial charge in [-0.3, -0.25) is 4.98 Å². The third-order valence-electron chi connectivity index (χ3n) is 3.21. The topological polar surface area (TPSA) is 12.9 Å². The number of thioether (sulfide) groups is 1. The number of pyridine rings is 1. The van der Waals surface area contributed by atoms with Crippen molar-refractivity contribution in [2.24, 2.45) is 5.92 Å². The molecular weight excluding hydrogens is 254 g/mol. The van der Waals surface area contributed by atoms with Crippen LogP contribution in [0.2, 0.25) is 0 Å². The largest absolute Gasteiger partial charge is 0.264 e. The monoisotopic (exact) mass is 269 g/mol. The van der Waals surface area contributed by atoms with Crippen molar-refractivity contribution in [2.75, 3.05) is 5.75 Å². The average Bonchev–Trinajstić information content (AvgIpc) is 2.30. The lowest BCUT2D eigenvalue weighted by molar-refractivity contribution is 0.454. The van der Waals surface area contributed by atoms with Crippen LogP contribution in [0.25, 0.3) is 0 Å². The smallest absolute Gasteiger partial charge is 0.0855 e. The Hall–Kier alpha value is -0.0600. The van der Waals surface area contributed by atoms with E-state index in [2.05, 4.69) is 30.6 Å². The Bertz CT molecular complexity index is 379. The number of rotatable bonds is 2. The summed E-state index contributed by atoms with van der Waals surface area (Å²) in [4.78, 5) is 4.21. The van der Waals surface area contributed by atoms with Crippen LogP contribution in [0.4, 0.5) is 0 Å². The molecule has 0 amide bonds. The maximum absolute atomic E-state index is 5.40. The van der Waals surface area contributed by atoms with E-state index in [0.29, 0.717) is 5.92 Å². The first kappa shape index (κ1) is 12.4. The Labute approximate surface area is 112 Å². The van der Waals surface area contributed by atoms with Crippen molar-refractivity contribution in [1.82, 2.24) is 4.98 Å². The molecule has 2 rings (SSSR count). The van der Waals surface area contributed by atoms with Gasteiger partial charge in [-0.15, -0.1) is 24.4 Å². The van der Waals surface area contributed by atoms with Gasteiger partial charge < -0.3 is 0 Å². The molecule has 1 saturated heterocycles. The van der Waals surface area contributed by atoms with Gasteiger partial charge in [0.05, 0.1) is 8.94 Å². The predicted octanol–water partition coefficient (Wildman–Crippen LogP) is 3.70. The molecule has 1 aliphatic rings. The second-order valence-electron chi connectivity index (χ2n) is 4.17. The Morgan fingerprint density at radius 2 is 2.50 bits per heavy atom. The van der Waals surface area contributed by atoms with E-state index in [0.717, 1.165) is 9.95 Å².